The first-order valence-corrected chi connectivity index (χ1v) is 11.9. The van der Waals surface area contributed by atoms with Gasteiger partial charge >= 0.3 is 6.18 Å². The van der Waals surface area contributed by atoms with E-state index in [9.17, 15) is 31.5 Å². The Morgan fingerprint density at radius 3 is 2.62 bits per heavy atom. The SMILES string of the molecule is NC(=O)c1sc2nc(C(F)F)cc(-c3ccco3)c2c1NC(=O)Cn1nc(C(F)(F)F)c(Cl)c1C1CC1. The van der Waals surface area contributed by atoms with Crippen LogP contribution in [0.4, 0.5) is 27.6 Å². The second kappa shape index (κ2) is 9.10. The second-order valence-electron chi connectivity index (χ2n) is 8.25. The number of pyridine rings is 1. The van der Waals surface area contributed by atoms with E-state index in [0.29, 0.717) is 24.2 Å². The molecular weight excluding hydrogens is 545 g/mol. The number of furan rings is 1. The Hall–Kier alpha value is -3.52. The maximum absolute atomic E-state index is 13.5. The molecule has 4 aromatic heterocycles. The number of nitrogens with one attached hydrogen (secondary N) is 1. The largest absolute Gasteiger partial charge is 0.464 e. The fraction of sp³-hybridized carbons (Fsp3) is 0.273. The molecule has 0 radical (unpaired) electrons. The number of amides is 2. The minimum Gasteiger partial charge on any atom is -0.464 e. The third-order valence-corrected chi connectivity index (χ3v) is 7.11. The van der Waals surface area contributed by atoms with Gasteiger partial charge in [0.05, 0.1) is 22.7 Å². The molecule has 0 aliphatic heterocycles. The number of fused-ring (bicyclic) bond motifs is 1. The van der Waals surface area contributed by atoms with Crippen molar-refractivity contribution in [2.24, 2.45) is 5.73 Å². The van der Waals surface area contributed by atoms with E-state index in [-0.39, 0.29) is 43.7 Å². The Balaban J connectivity index is 1.58. The van der Waals surface area contributed by atoms with Gasteiger partial charge in [-0.2, -0.15) is 18.3 Å². The van der Waals surface area contributed by atoms with Crippen LogP contribution < -0.4 is 11.1 Å². The molecule has 5 rings (SSSR count). The minimum absolute atomic E-state index is 0.0199. The predicted octanol–water partition coefficient (Wildman–Crippen LogP) is 5.98. The van der Waals surface area contributed by atoms with Crippen LogP contribution in [-0.2, 0) is 17.5 Å². The number of alkyl halides is 5. The molecular formula is C22H15ClF5N5O3S. The Labute approximate surface area is 213 Å². The maximum Gasteiger partial charge on any atom is 0.436 e. The van der Waals surface area contributed by atoms with E-state index in [1.165, 1.54) is 18.4 Å². The lowest BCUT2D eigenvalue weighted by Crippen LogP contribution is -2.23. The highest BCUT2D eigenvalue weighted by atomic mass is 35.5. The molecule has 194 valence electrons. The van der Waals surface area contributed by atoms with Crippen LogP contribution in [0.25, 0.3) is 21.5 Å². The molecule has 0 saturated heterocycles. The minimum atomic E-state index is -4.82. The van der Waals surface area contributed by atoms with Crippen molar-refractivity contribution in [3.8, 4) is 11.3 Å². The summed E-state index contributed by atoms with van der Waals surface area (Å²) in [5.74, 6) is -1.93. The van der Waals surface area contributed by atoms with Crippen LogP contribution >= 0.6 is 22.9 Å². The zero-order valence-electron chi connectivity index (χ0n) is 18.4. The molecule has 8 nitrogen and oxygen atoms in total. The number of carbonyl (C=O) groups excluding carboxylic acids is 2. The molecule has 4 aromatic rings. The van der Waals surface area contributed by atoms with Gasteiger partial charge in [0.15, 0.2) is 5.69 Å². The molecule has 1 aliphatic rings. The van der Waals surface area contributed by atoms with Crippen LogP contribution in [0.5, 0.6) is 0 Å². The van der Waals surface area contributed by atoms with E-state index in [1.807, 2.05) is 0 Å². The summed E-state index contributed by atoms with van der Waals surface area (Å²) in [4.78, 5) is 28.9. The molecule has 4 heterocycles. The summed E-state index contributed by atoms with van der Waals surface area (Å²) in [6.45, 7) is -0.657. The molecule has 1 fully saturated rings. The van der Waals surface area contributed by atoms with Crippen molar-refractivity contribution in [3.63, 3.8) is 0 Å². The highest BCUT2D eigenvalue weighted by Crippen LogP contribution is 2.47. The Morgan fingerprint density at radius 1 is 1.32 bits per heavy atom. The summed E-state index contributed by atoms with van der Waals surface area (Å²) in [6.07, 6.45) is -5.27. The monoisotopic (exact) mass is 559 g/mol. The van der Waals surface area contributed by atoms with E-state index < -0.39 is 47.4 Å². The summed E-state index contributed by atoms with van der Waals surface area (Å²) < 4.78 is 73.4. The number of rotatable bonds is 7. The van der Waals surface area contributed by atoms with Gasteiger partial charge in [-0.05, 0) is 31.0 Å². The first-order chi connectivity index (χ1) is 17.5. The quantitative estimate of drug-likeness (QED) is 0.270. The lowest BCUT2D eigenvalue weighted by Gasteiger charge is -2.11. The van der Waals surface area contributed by atoms with Gasteiger partial charge < -0.3 is 15.5 Å². The zero-order chi connectivity index (χ0) is 26.6. The van der Waals surface area contributed by atoms with Crippen LogP contribution in [0.15, 0.2) is 28.9 Å². The Morgan fingerprint density at radius 2 is 2.05 bits per heavy atom. The van der Waals surface area contributed by atoms with Crippen LogP contribution in [0, 0.1) is 0 Å². The molecule has 1 aliphatic carbocycles. The number of aromatic nitrogens is 3. The molecule has 37 heavy (non-hydrogen) atoms. The number of hydrogen-bond acceptors (Lipinski definition) is 6. The maximum atomic E-state index is 13.5. The third kappa shape index (κ3) is 4.66. The highest BCUT2D eigenvalue weighted by molar-refractivity contribution is 7.21. The number of anilines is 1. The van der Waals surface area contributed by atoms with Crippen molar-refractivity contribution in [2.75, 3.05) is 5.32 Å². The number of primary amides is 1. The van der Waals surface area contributed by atoms with Crippen molar-refractivity contribution in [3.05, 3.63) is 51.4 Å². The van der Waals surface area contributed by atoms with E-state index >= 15 is 0 Å². The number of nitrogens with two attached hydrogens (primary N) is 1. The predicted molar refractivity (Wildman–Crippen MR) is 124 cm³/mol. The van der Waals surface area contributed by atoms with Gasteiger partial charge in [-0.15, -0.1) is 11.3 Å². The summed E-state index contributed by atoms with van der Waals surface area (Å²) in [5.41, 5.74) is 3.67. The molecule has 3 N–H and O–H groups in total. The fourth-order valence-corrected chi connectivity index (χ4v) is 5.38. The van der Waals surface area contributed by atoms with E-state index in [1.54, 1.807) is 0 Å². The van der Waals surface area contributed by atoms with Crippen LogP contribution in [0.1, 0.15) is 51.9 Å². The van der Waals surface area contributed by atoms with Crippen LogP contribution in [-0.4, -0.2) is 26.6 Å². The zero-order valence-corrected chi connectivity index (χ0v) is 20.0. The van der Waals surface area contributed by atoms with Crippen molar-refractivity contribution in [1.82, 2.24) is 14.8 Å². The molecule has 0 spiro atoms. The number of nitrogens with zero attached hydrogens (tertiary/aromatic N) is 3. The van der Waals surface area contributed by atoms with Crippen LogP contribution in [0.3, 0.4) is 0 Å². The van der Waals surface area contributed by atoms with Gasteiger partial charge in [-0.25, -0.2) is 13.8 Å². The van der Waals surface area contributed by atoms with Crippen molar-refractivity contribution < 1.29 is 36.0 Å². The van der Waals surface area contributed by atoms with E-state index in [2.05, 4.69) is 15.4 Å². The van der Waals surface area contributed by atoms with Gasteiger partial charge in [0, 0.05) is 16.9 Å². The second-order valence-corrected chi connectivity index (χ2v) is 9.63. The van der Waals surface area contributed by atoms with E-state index in [0.717, 1.165) is 10.7 Å². The van der Waals surface area contributed by atoms with Gasteiger partial charge in [-0.3, -0.25) is 14.3 Å². The normalized spacial score (nSPS) is 14.0. The van der Waals surface area contributed by atoms with Crippen molar-refractivity contribution >= 4 is 50.7 Å². The molecule has 0 aromatic carbocycles. The van der Waals surface area contributed by atoms with Crippen LogP contribution in [0.2, 0.25) is 5.02 Å². The molecule has 0 bridgehead atoms. The summed E-state index contributed by atoms with van der Waals surface area (Å²) in [6, 6.07) is 4.07. The van der Waals surface area contributed by atoms with Crippen molar-refractivity contribution in [2.45, 2.75) is 37.9 Å². The molecule has 1 saturated carbocycles. The Kier molecular flexibility index (Phi) is 6.18. The highest BCUT2D eigenvalue weighted by Gasteiger charge is 2.42. The number of carbonyl (C=O) groups is 2. The van der Waals surface area contributed by atoms with Gasteiger partial charge in [0.25, 0.3) is 12.3 Å². The third-order valence-electron chi connectivity index (χ3n) is 5.64. The number of thiophene rings is 1. The average Bonchev–Trinajstić information content (AvgIpc) is 3.22. The molecule has 0 atom stereocenters. The average molecular weight is 560 g/mol. The summed E-state index contributed by atoms with van der Waals surface area (Å²) in [7, 11) is 0. The van der Waals surface area contributed by atoms with Crippen molar-refractivity contribution in [1.29, 1.82) is 0 Å². The summed E-state index contributed by atoms with van der Waals surface area (Å²) >= 11 is 6.65. The van der Waals surface area contributed by atoms with Gasteiger partial charge in [-0.1, -0.05) is 11.6 Å². The standard InChI is InChI=1S/C22H15ClF5N5O3S/c23-14-16(8-3-4-8)33(32-18(14)22(26,27)28)7-12(34)31-15-13-9(11-2-1-5-36-11)6-10(19(24)25)30-21(13)37-17(15)20(29)35/h1-2,5-6,8,19H,3-4,7H2,(H2,29,35)(H,31,34). The molecule has 2 amide bonds. The first kappa shape index (κ1) is 25.1. The number of halogens is 6. The first-order valence-electron chi connectivity index (χ1n) is 10.7. The van der Waals surface area contributed by atoms with Gasteiger partial charge in [0.1, 0.15) is 27.7 Å². The summed E-state index contributed by atoms with van der Waals surface area (Å²) in [5, 5.41) is 5.55. The lowest BCUT2D eigenvalue weighted by molar-refractivity contribution is -0.141. The van der Waals surface area contributed by atoms with E-state index in [4.69, 9.17) is 21.8 Å². The van der Waals surface area contributed by atoms with Gasteiger partial charge in [0.2, 0.25) is 5.91 Å². The molecule has 0 unspecified atom stereocenters. The fourth-order valence-electron chi connectivity index (χ4n) is 3.96. The smallest absolute Gasteiger partial charge is 0.436 e. The Bertz CT molecular complexity index is 1530. The lowest BCUT2D eigenvalue weighted by atomic mass is 10.1. The number of hydrogen-bond donors (Lipinski definition) is 2. The topological polar surface area (TPSA) is 116 Å². The molecule has 15 heteroatoms.